The molecule has 0 aromatic heterocycles. The fourth-order valence-corrected chi connectivity index (χ4v) is 4.19. The molecule has 1 fully saturated rings. The molecule has 1 aliphatic rings. The molecule has 1 saturated heterocycles. The Morgan fingerprint density at radius 2 is 1.45 bits per heavy atom. The van der Waals surface area contributed by atoms with Crippen LogP contribution in [0.1, 0.15) is 29.7 Å². The molecule has 0 unspecified atom stereocenters. The fourth-order valence-electron chi connectivity index (χ4n) is 3.89. The van der Waals surface area contributed by atoms with Crippen LogP contribution in [0.4, 0.5) is 5.69 Å². The summed E-state index contributed by atoms with van der Waals surface area (Å²) < 4.78 is 0. The van der Waals surface area contributed by atoms with Crippen molar-refractivity contribution >= 4 is 29.1 Å². The molecule has 2 aromatic rings. The number of halogens is 1. The number of aryl methyl sites for hydroxylation is 2. The topological polar surface area (TPSA) is 64.7 Å². The molecule has 1 aliphatic heterocycles. The van der Waals surface area contributed by atoms with E-state index in [1.165, 1.54) is 0 Å². The lowest BCUT2D eigenvalue weighted by molar-refractivity contribution is -0.124. The molecule has 3 rings (SSSR count). The summed E-state index contributed by atoms with van der Waals surface area (Å²) >= 11 is 6.22. The van der Waals surface area contributed by atoms with Gasteiger partial charge in [0.2, 0.25) is 11.8 Å². The van der Waals surface area contributed by atoms with Gasteiger partial charge in [-0.1, -0.05) is 48.0 Å². The average Bonchev–Trinajstić information content (AvgIpc) is 2.72. The summed E-state index contributed by atoms with van der Waals surface area (Å²) in [6.07, 6.45) is 0. The zero-order valence-corrected chi connectivity index (χ0v) is 19.2. The number of hydrogen-bond acceptors (Lipinski definition) is 4. The molecule has 6 nitrogen and oxygen atoms in total. The van der Waals surface area contributed by atoms with Gasteiger partial charge in [-0.3, -0.25) is 19.4 Å². The smallest absolute Gasteiger partial charge is 0.238 e. The third-order valence-electron chi connectivity index (χ3n) is 5.69. The van der Waals surface area contributed by atoms with Crippen LogP contribution >= 0.6 is 11.6 Å². The first-order valence-electron chi connectivity index (χ1n) is 10.7. The van der Waals surface area contributed by atoms with Gasteiger partial charge < -0.3 is 10.6 Å². The van der Waals surface area contributed by atoms with Gasteiger partial charge in [0.1, 0.15) is 0 Å². The van der Waals surface area contributed by atoms with Crippen LogP contribution in [0, 0.1) is 13.8 Å². The minimum absolute atomic E-state index is 0.00263. The highest BCUT2D eigenvalue weighted by Gasteiger charge is 2.22. The quantitative estimate of drug-likeness (QED) is 0.689. The normalized spacial score (nSPS) is 16.0. The second-order valence-corrected chi connectivity index (χ2v) is 8.59. The maximum absolute atomic E-state index is 12.5. The van der Waals surface area contributed by atoms with Crippen LogP contribution in [-0.4, -0.2) is 60.9 Å². The van der Waals surface area contributed by atoms with E-state index in [-0.39, 0.29) is 17.9 Å². The van der Waals surface area contributed by atoms with Gasteiger partial charge in [-0.2, -0.15) is 0 Å². The molecule has 0 bridgehead atoms. The van der Waals surface area contributed by atoms with E-state index in [0.29, 0.717) is 18.1 Å². The third kappa shape index (κ3) is 6.53. The molecule has 2 aromatic carbocycles. The van der Waals surface area contributed by atoms with E-state index in [1.807, 2.05) is 63.2 Å². The van der Waals surface area contributed by atoms with Crippen LogP contribution in [0.25, 0.3) is 0 Å². The number of carbonyl (C=O) groups excluding carboxylic acids is 2. The van der Waals surface area contributed by atoms with Crippen LogP contribution in [-0.2, 0) is 9.59 Å². The number of nitrogens with one attached hydrogen (secondary N) is 2. The third-order valence-corrected chi connectivity index (χ3v) is 6.04. The second kappa shape index (κ2) is 10.8. The van der Waals surface area contributed by atoms with Crippen molar-refractivity contribution in [2.24, 2.45) is 0 Å². The summed E-state index contributed by atoms with van der Waals surface area (Å²) in [5.41, 5.74) is 3.94. The Balaban J connectivity index is 1.41. The number of hydrogen-bond donors (Lipinski definition) is 2. The van der Waals surface area contributed by atoms with Crippen molar-refractivity contribution in [3.05, 3.63) is 64.2 Å². The Labute approximate surface area is 189 Å². The van der Waals surface area contributed by atoms with Gasteiger partial charge in [-0.05, 0) is 43.5 Å². The number of piperazine rings is 1. The molecule has 2 amide bonds. The van der Waals surface area contributed by atoms with Crippen LogP contribution in [0.15, 0.2) is 42.5 Å². The molecule has 1 heterocycles. The molecule has 1 atom stereocenters. The molecule has 0 saturated carbocycles. The van der Waals surface area contributed by atoms with Gasteiger partial charge in [0, 0.05) is 36.9 Å². The highest BCUT2D eigenvalue weighted by atomic mass is 35.5. The molecule has 31 heavy (non-hydrogen) atoms. The minimum Gasteiger partial charge on any atom is -0.348 e. The summed E-state index contributed by atoms with van der Waals surface area (Å²) in [5.74, 6) is -0.0224. The molecule has 2 N–H and O–H groups in total. The van der Waals surface area contributed by atoms with Crippen molar-refractivity contribution in [2.75, 3.05) is 44.6 Å². The van der Waals surface area contributed by atoms with Crippen LogP contribution in [0.3, 0.4) is 0 Å². The van der Waals surface area contributed by atoms with Crippen LogP contribution < -0.4 is 10.6 Å². The number of carbonyl (C=O) groups is 2. The van der Waals surface area contributed by atoms with Crippen molar-refractivity contribution in [3.8, 4) is 0 Å². The lowest BCUT2D eigenvalue weighted by Gasteiger charge is -2.34. The molecule has 166 valence electrons. The molecule has 0 spiro atoms. The molecule has 7 heteroatoms. The van der Waals surface area contributed by atoms with Gasteiger partial charge in [0.25, 0.3) is 0 Å². The first-order chi connectivity index (χ1) is 14.8. The number of amides is 2. The molecule has 0 radical (unpaired) electrons. The Bertz CT molecular complexity index is 905. The van der Waals surface area contributed by atoms with Gasteiger partial charge >= 0.3 is 0 Å². The largest absolute Gasteiger partial charge is 0.348 e. The van der Waals surface area contributed by atoms with Crippen molar-refractivity contribution in [3.63, 3.8) is 0 Å². The van der Waals surface area contributed by atoms with E-state index in [1.54, 1.807) is 0 Å². The minimum atomic E-state index is -0.143. The van der Waals surface area contributed by atoms with Crippen molar-refractivity contribution in [1.29, 1.82) is 0 Å². The molecular formula is C24H31ClN4O2. The van der Waals surface area contributed by atoms with E-state index in [0.717, 1.165) is 48.6 Å². The predicted molar refractivity (Wildman–Crippen MR) is 125 cm³/mol. The van der Waals surface area contributed by atoms with Crippen LogP contribution in [0.5, 0.6) is 0 Å². The van der Waals surface area contributed by atoms with Crippen molar-refractivity contribution in [1.82, 2.24) is 15.1 Å². The van der Waals surface area contributed by atoms with Crippen LogP contribution in [0.2, 0.25) is 5.02 Å². The summed E-state index contributed by atoms with van der Waals surface area (Å²) in [6, 6.07) is 13.4. The molecule has 0 aliphatic carbocycles. The first-order valence-corrected chi connectivity index (χ1v) is 11.1. The van der Waals surface area contributed by atoms with E-state index in [9.17, 15) is 9.59 Å². The summed E-state index contributed by atoms with van der Waals surface area (Å²) in [6.45, 7) is 9.66. The highest BCUT2D eigenvalue weighted by Crippen LogP contribution is 2.22. The summed E-state index contributed by atoms with van der Waals surface area (Å²) in [5, 5.41) is 6.72. The second-order valence-electron chi connectivity index (χ2n) is 8.18. The zero-order valence-electron chi connectivity index (χ0n) is 18.5. The molecular weight excluding hydrogens is 412 g/mol. The number of rotatable bonds is 7. The van der Waals surface area contributed by atoms with Gasteiger partial charge in [-0.15, -0.1) is 0 Å². The lowest BCUT2D eigenvalue weighted by atomic mass is 10.1. The number of nitrogens with zero attached hydrogens (tertiary/aromatic N) is 2. The lowest BCUT2D eigenvalue weighted by Crippen LogP contribution is -2.51. The van der Waals surface area contributed by atoms with Crippen molar-refractivity contribution in [2.45, 2.75) is 26.8 Å². The van der Waals surface area contributed by atoms with E-state index in [4.69, 9.17) is 11.6 Å². The fraction of sp³-hybridized carbons (Fsp3) is 0.417. The van der Waals surface area contributed by atoms with Gasteiger partial charge in [-0.25, -0.2) is 0 Å². The number of para-hydroxylation sites is 1. The Hall–Kier alpha value is -2.41. The predicted octanol–water partition coefficient (Wildman–Crippen LogP) is 3.39. The van der Waals surface area contributed by atoms with E-state index in [2.05, 4.69) is 20.4 Å². The average molecular weight is 443 g/mol. The summed E-state index contributed by atoms with van der Waals surface area (Å²) in [7, 11) is 0. The van der Waals surface area contributed by atoms with E-state index < -0.39 is 0 Å². The maximum Gasteiger partial charge on any atom is 0.238 e. The summed E-state index contributed by atoms with van der Waals surface area (Å²) in [4.78, 5) is 29.2. The standard InChI is InChI=1S/C24H31ClN4O2/c1-17-7-6-8-18(2)24(17)27-23(31)16-29-13-11-28(12-14-29)15-22(30)26-19(3)20-9-4-5-10-21(20)25/h4-10,19H,11-16H2,1-3H3,(H,26,30)(H,27,31)/t19-/m1/s1. The maximum atomic E-state index is 12.5. The van der Waals surface area contributed by atoms with Gasteiger partial charge in [0.05, 0.1) is 19.1 Å². The Kier molecular flexibility index (Phi) is 8.07. The van der Waals surface area contributed by atoms with E-state index >= 15 is 0 Å². The SMILES string of the molecule is Cc1cccc(C)c1NC(=O)CN1CCN(CC(=O)N[C@H](C)c2ccccc2Cl)CC1. The van der Waals surface area contributed by atoms with Crippen molar-refractivity contribution < 1.29 is 9.59 Å². The zero-order chi connectivity index (χ0) is 22.4. The first kappa shape index (κ1) is 23.3. The van der Waals surface area contributed by atoms with Gasteiger partial charge in [0.15, 0.2) is 0 Å². The highest BCUT2D eigenvalue weighted by molar-refractivity contribution is 6.31. The Morgan fingerprint density at radius 3 is 2.03 bits per heavy atom. The number of benzene rings is 2. The monoisotopic (exact) mass is 442 g/mol. The Morgan fingerprint density at radius 1 is 0.903 bits per heavy atom. The number of anilines is 1.